The number of amides is 1. The summed E-state index contributed by atoms with van der Waals surface area (Å²) in [5, 5.41) is 12.4. The van der Waals surface area contributed by atoms with Gasteiger partial charge in [-0.15, -0.1) is 16.8 Å². The highest BCUT2D eigenvalue weighted by Crippen LogP contribution is 2.32. The van der Waals surface area contributed by atoms with Crippen molar-refractivity contribution >= 4 is 40.3 Å². The summed E-state index contributed by atoms with van der Waals surface area (Å²) >= 11 is 1.22. The van der Waals surface area contributed by atoms with Gasteiger partial charge < -0.3 is 19.2 Å². The molecule has 0 bridgehead atoms. The number of carbonyl (C=O) groups excluding carboxylic acids is 2. The highest BCUT2D eigenvalue weighted by molar-refractivity contribution is 7.99. The van der Waals surface area contributed by atoms with E-state index in [0.29, 0.717) is 28.5 Å². The van der Waals surface area contributed by atoms with Crippen LogP contribution >= 0.6 is 11.8 Å². The maximum atomic E-state index is 12.9. The van der Waals surface area contributed by atoms with Crippen LogP contribution in [0.15, 0.2) is 70.8 Å². The summed E-state index contributed by atoms with van der Waals surface area (Å²) in [5.74, 6) is 0.381. The van der Waals surface area contributed by atoms with E-state index in [1.54, 1.807) is 37.3 Å². The first-order valence-corrected chi connectivity index (χ1v) is 12.3. The van der Waals surface area contributed by atoms with Crippen LogP contribution in [-0.2, 0) is 22.7 Å². The predicted octanol–water partition coefficient (Wildman–Crippen LogP) is 5.01. The molecule has 36 heavy (non-hydrogen) atoms. The largest absolute Gasteiger partial charge is 0.486 e. The van der Waals surface area contributed by atoms with Gasteiger partial charge in [-0.2, -0.15) is 0 Å². The summed E-state index contributed by atoms with van der Waals surface area (Å²) in [7, 11) is 0. The van der Waals surface area contributed by atoms with Gasteiger partial charge in [-0.1, -0.05) is 42.1 Å². The average molecular weight is 507 g/mol. The summed E-state index contributed by atoms with van der Waals surface area (Å²) < 4.78 is 18.4. The van der Waals surface area contributed by atoms with Gasteiger partial charge in [-0.25, -0.2) is 4.79 Å². The minimum atomic E-state index is -0.638. The number of nitrogens with zero attached hydrogens (tertiary/aromatic N) is 3. The zero-order chi connectivity index (χ0) is 25.5. The summed E-state index contributed by atoms with van der Waals surface area (Å²) in [6.45, 7) is 8.37. The van der Waals surface area contributed by atoms with E-state index in [4.69, 9.17) is 13.9 Å². The number of fused-ring (bicyclic) bond motifs is 1. The van der Waals surface area contributed by atoms with Crippen LogP contribution in [0.3, 0.4) is 0 Å². The van der Waals surface area contributed by atoms with Gasteiger partial charge in [0.1, 0.15) is 23.6 Å². The number of allylic oxidation sites excluding steroid dienone is 1. The number of carbonyl (C=O) groups is 2. The van der Waals surface area contributed by atoms with Crippen LogP contribution in [0.5, 0.6) is 5.75 Å². The fourth-order valence-electron chi connectivity index (χ4n) is 3.51. The van der Waals surface area contributed by atoms with Crippen LogP contribution in [-0.4, -0.2) is 39.0 Å². The highest BCUT2D eigenvalue weighted by atomic mass is 32.2. The van der Waals surface area contributed by atoms with Crippen molar-refractivity contribution in [3.63, 3.8) is 0 Å². The third-order valence-electron chi connectivity index (χ3n) is 5.12. The molecule has 4 rings (SSSR count). The molecule has 0 spiro atoms. The molecule has 0 aliphatic rings. The minimum absolute atomic E-state index is 0.0375. The number of rotatable bonds is 11. The Morgan fingerprint density at radius 1 is 1.19 bits per heavy atom. The Balaban J connectivity index is 1.46. The molecule has 0 atom stereocenters. The molecule has 0 saturated heterocycles. The van der Waals surface area contributed by atoms with Crippen molar-refractivity contribution in [1.29, 1.82) is 0 Å². The Hall–Kier alpha value is -4.05. The zero-order valence-corrected chi connectivity index (χ0v) is 20.8. The number of aromatic nitrogens is 3. The van der Waals surface area contributed by atoms with E-state index >= 15 is 0 Å². The molecule has 2 aromatic carbocycles. The molecule has 1 N–H and O–H groups in total. The normalized spacial score (nSPS) is 10.8. The molecule has 9 nitrogen and oxygen atoms in total. The molecule has 0 fully saturated rings. The number of benzene rings is 2. The van der Waals surface area contributed by atoms with Gasteiger partial charge in [0, 0.05) is 11.9 Å². The molecular formula is C26H26N4O5S. The number of furan rings is 1. The Kier molecular flexibility index (Phi) is 8.06. The minimum Gasteiger partial charge on any atom is -0.486 e. The quantitative estimate of drug-likeness (QED) is 0.172. The number of hydrogen-bond donors (Lipinski definition) is 1. The smallest absolute Gasteiger partial charge is 0.376 e. The van der Waals surface area contributed by atoms with Gasteiger partial charge in [0.05, 0.1) is 12.4 Å². The highest BCUT2D eigenvalue weighted by Gasteiger charge is 2.23. The molecular weight excluding hydrogens is 480 g/mol. The van der Waals surface area contributed by atoms with Crippen LogP contribution < -0.4 is 10.1 Å². The zero-order valence-electron chi connectivity index (χ0n) is 20.0. The molecule has 0 unspecified atom stereocenters. The average Bonchev–Trinajstić information content (AvgIpc) is 3.43. The van der Waals surface area contributed by atoms with Gasteiger partial charge in [0.15, 0.2) is 11.0 Å². The van der Waals surface area contributed by atoms with Crippen LogP contribution in [0.25, 0.3) is 11.0 Å². The van der Waals surface area contributed by atoms with Crippen molar-refractivity contribution in [2.75, 3.05) is 17.7 Å². The number of thioether (sulfide) groups is 1. The van der Waals surface area contributed by atoms with Crippen molar-refractivity contribution in [2.45, 2.75) is 32.2 Å². The van der Waals surface area contributed by atoms with Gasteiger partial charge >= 0.3 is 5.97 Å². The lowest BCUT2D eigenvalue weighted by atomic mass is 10.2. The number of nitrogens with one attached hydrogen (secondary N) is 1. The maximum Gasteiger partial charge on any atom is 0.376 e. The second-order valence-electron chi connectivity index (χ2n) is 7.76. The number of ether oxygens (including phenoxy) is 2. The van der Waals surface area contributed by atoms with E-state index < -0.39 is 5.97 Å². The number of esters is 1. The van der Waals surface area contributed by atoms with Crippen LogP contribution in [0.2, 0.25) is 0 Å². The Bertz CT molecular complexity index is 1390. The summed E-state index contributed by atoms with van der Waals surface area (Å²) in [6.07, 6.45) is 1.73. The lowest BCUT2D eigenvalue weighted by Gasteiger charge is -2.10. The van der Waals surface area contributed by atoms with E-state index in [1.165, 1.54) is 11.8 Å². The molecule has 0 radical (unpaired) electrons. The van der Waals surface area contributed by atoms with Gasteiger partial charge in [0.2, 0.25) is 11.7 Å². The second kappa shape index (κ2) is 11.6. The van der Waals surface area contributed by atoms with E-state index in [-0.39, 0.29) is 36.3 Å². The van der Waals surface area contributed by atoms with Crippen LogP contribution in [0.1, 0.15) is 28.9 Å². The topological polar surface area (TPSA) is 108 Å². The van der Waals surface area contributed by atoms with Gasteiger partial charge in [-0.05, 0) is 43.7 Å². The second-order valence-corrected chi connectivity index (χ2v) is 8.71. The first-order chi connectivity index (χ1) is 17.5. The molecule has 4 aromatic rings. The Morgan fingerprint density at radius 3 is 2.81 bits per heavy atom. The van der Waals surface area contributed by atoms with E-state index in [2.05, 4.69) is 22.1 Å². The molecule has 0 aliphatic heterocycles. The summed E-state index contributed by atoms with van der Waals surface area (Å²) in [6, 6.07) is 14.8. The Labute approximate surface area is 212 Å². The molecule has 0 saturated carbocycles. The molecule has 1 amide bonds. The Morgan fingerprint density at radius 2 is 2.03 bits per heavy atom. The maximum absolute atomic E-state index is 12.9. The van der Waals surface area contributed by atoms with Crippen molar-refractivity contribution in [3.05, 3.63) is 78.3 Å². The molecule has 10 heteroatoms. The predicted molar refractivity (Wildman–Crippen MR) is 137 cm³/mol. The van der Waals surface area contributed by atoms with Crippen molar-refractivity contribution in [3.8, 4) is 5.75 Å². The third kappa shape index (κ3) is 5.77. The van der Waals surface area contributed by atoms with Gasteiger partial charge in [-0.3, -0.25) is 9.36 Å². The number of aryl methyl sites for hydroxylation is 1. The SMILES string of the molecule is C=CCn1c(COc2cccc(C)c2)nnc1SCC(=O)Nc1c(C(=O)OCC)oc2ccccc12. The fourth-order valence-corrected chi connectivity index (χ4v) is 4.28. The lowest BCUT2D eigenvalue weighted by molar-refractivity contribution is -0.113. The third-order valence-corrected chi connectivity index (χ3v) is 6.08. The van der Waals surface area contributed by atoms with Crippen molar-refractivity contribution in [2.24, 2.45) is 0 Å². The van der Waals surface area contributed by atoms with Crippen LogP contribution in [0, 0.1) is 6.92 Å². The van der Waals surface area contributed by atoms with E-state index in [9.17, 15) is 9.59 Å². The first kappa shape index (κ1) is 25.1. The standard InChI is InChI=1S/C26H26N4O5S/c1-4-13-30-21(15-34-18-10-8-9-17(3)14-18)28-29-26(30)36-16-22(31)27-23-19-11-6-7-12-20(19)35-24(23)25(32)33-5-2/h4,6-12,14H,1,5,13,15-16H2,2-3H3,(H,27,31). The van der Waals surface area contributed by atoms with Gasteiger partial charge in [0.25, 0.3) is 0 Å². The van der Waals surface area contributed by atoms with Crippen LogP contribution in [0.4, 0.5) is 5.69 Å². The molecule has 2 heterocycles. The van der Waals surface area contributed by atoms with Crippen molar-refractivity contribution in [1.82, 2.24) is 14.8 Å². The van der Waals surface area contributed by atoms with Crippen molar-refractivity contribution < 1.29 is 23.5 Å². The first-order valence-electron chi connectivity index (χ1n) is 11.3. The summed E-state index contributed by atoms with van der Waals surface area (Å²) in [4.78, 5) is 25.2. The summed E-state index contributed by atoms with van der Waals surface area (Å²) in [5.41, 5.74) is 1.86. The monoisotopic (exact) mass is 506 g/mol. The molecule has 186 valence electrons. The fraction of sp³-hybridized carbons (Fsp3) is 0.231. The van der Waals surface area contributed by atoms with E-state index in [1.807, 2.05) is 35.8 Å². The number of para-hydroxylation sites is 1. The molecule has 0 aliphatic carbocycles. The van der Waals surface area contributed by atoms with E-state index in [0.717, 1.165) is 11.3 Å². The lowest BCUT2D eigenvalue weighted by Crippen LogP contribution is -2.17. The number of anilines is 1. The molecule has 2 aromatic heterocycles. The number of hydrogen-bond acceptors (Lipinski definition) is 8.